The largest absolute Gasteiger partial charge is 0.493 e. The second-order valence-corrected chi connectivity index (χ2v) is 8.01. The predicted molar refractivity (Wildman–Crippen MR) is 136 cm³/mol. The van der Waals surface area contributed by atoms with Crippen LogP contribution in [0, 0.1) is 17.0 Å². The number of carbonyl (C=O) groups is 1. The molecular weight excluding hydrogens is 464 g/mol. The Kier molecular flexibility index (Phi) is 5.56. The monoisotopic (exact) mass is 486 g/mol. The SMILES string of the molecule is COc1cc(C(=O)Nc2c3ccccc3n3c(C)nc4ccccc4c23)c([N+](=O)[O-])c(OC)c1OC. The molecule has 5 rings (SSSR count). The Hall–Kier alpha value is -4.86. The minimum absolute atomic E-state index is 0.0238. The van der Waals surface area contributed by atoms with Crippen LogP contribution in [0.4, 0.5) is 11.4 Å². The Labute approximate surface area is 205 Å². The topological polar surface area (TPSA) is 117 Å². The van der Waals surface area contributed by atoms with E-state index in [4.69, 9.17) is 19.2 Å². The van der Waals surface area contributed by atoms with E-state index in [-0.39, 0.29) is 22.8 Å². The molecule has 0 fully saturated rings. The molecule has 0 atom stereocenters. The summed E-state index contributed by atoms with van der Waals surface area (Å²) in [6, 6.07) is 16.5. The molecule has 10 nitrogen and oxygen atoms in total. The van der Waals surface area contributed by atoms with E-state index in [0.717, 1.165) is 33.1 Å². The number of ether oxygens (including phenoxy) is 3. The average Bonchev–Trinajstić information content (AvgIpc) is 3.22. The summed E-state index contributed by atoms with van der Waals surface area (Å²) in [6.07, 6.45) is 0. The summed E-state index contributed by atoms with van der Waals surface area (Å²) in [6.45, 7) is 1.89. The third-order valence-electron chi connectivity index (χ3n) is 6.11. The van der Waals surface area contributed by atoms with Crippen LogP contribution in [-0.2, 0) is 0 Å². The van der Waals surface area contributed by atoms with Crippen LogP contribution in [0.15, 0.2) is 54.6 Å². The second kappa shape index (κ2) is 8.73. The van der Waals surface area contributed by atoms with Crippen molar-refractivity contribution in [1.29, 1.82) is 0 Å². The number of carbonyl (C=O) groups excluding carboxylic acids is 1. The van der Waals surface area contributed by atoms with Gasteiger partial charge in [0.2, 0.25) is 11.5 Å². The number of para-hydroxylation sites is 2. The first kappa shape index (κ1) is 22.9. The first-order valence-electron chi connectivity index (χ1n) is 11.0. The zero-order chi connectivity index (χ0) is 25.6. The van der Waals surface area contributed by atoms with Gasteiger partial charge >= 0.3 is 5.69 Å². The number of nitrogens with zero attached hydrogens (tertiary/aromatic N) is 3. The lowest BCUT2D eigenvalue weighted by Crippen LogP contribution is -2.15. The highest BCUT2D eigenvalue weighted by Gasteiger charge is 2.33. The summed E-state index contributed by atoms with van der Waals surface area (Å²) in [5, 5.41) is 16.6. The third-order valence-corrected chi connectivity index (χ3v) is 6.11. The number of amides is 1. The Bertz CT molecular complexity index is 1690. The van der Waals surface area contributed by atoms with Gasteiger partial charge < -0.3 is 19.5 Å². The highest BCUT2D eigenvalue weighted by atomic mass is 16.6. The first-order chi connectivity index (χ1) is 17.4. The Balaban J connectivity index is 1.79. The zero-order valence-electron chi connectivity index (χ0n) is 20.0. The van der Waals surface area contributed by atoms with Crippen molar-refractivity contribution in [3.63, 3.8) is 0 Å². The van der Waals surface area contributed by atoms with Crippen LogP contribution in [0.3, 0.4) is 0 Å². The van der Waals surface area contributed by atoms with Crippen LogP contribution < -0.4 is 19.5 Å². The lowest BCUT2D eigenvalue weighted by molar-refractivity contribution is -0.386. The normalized spacial score (nSPS) is 11.1. The van der Waals surface area contributed by atoms with E-state index >= 15 is 0 Å². The Morgan fingerprint density at radius 2 is 1.64 bits per heavy atom. The molecule has 3 aromatic carbocycles. The van der Waals surface area contributed by atoms with E-state index in [1.165, 1.54) is 27.4 Å². The molecule has 10 heteroatoms. The van der Waals surface area contributed by atoms with Gasteiger partial charge in [-0.2, -0.15) is 0 Å². The molecule has 2 aromatic heterocycles. The minimum atomic E-state index is -0.697. The highest BCUT2D eigenvalue weighted by Crippen LogP contribution is 2.47. The summed E-state index contributed by atoms with van der Waals surface area (Å²) in [4.78, 5) is 29.8. The molecule has 182 valence electrons. The summed E-state index contributed by atoms with van der Waals surface area (Å²) in [5.74, 6) is -0.0149. The van der Waals surface area contributed by atoms with Crippen LogP contribution in [0.5, 0.6) is 17.2 Å². The van der Waals surface area contributed by atoms with Crippen molar-refractivity contribution >= 4 is 44.6 Å². The molecule has 1 amide bonds. The molecule has 0 unspecified atom stereocenters. The van der Waals surface area contributed by atoms with Crippen molar-refractivity contribution in [2.45, 2.75) is 6.92 Å². The molecule has 5 aromatic rings. The first-order valence-corrected chi connectivity index (χ1v) is 11.0. The molecular formula is C26H22N4O6. The number of fused-ring (bicyclic) bond motifs is 5. The number of nitro groups is 1. The van der Waals surface area contributed by atoms with Gasteiger partial charge in [-0.25, -0.2) is 4.98 Å². The average molecular weight is 486 g/mol. The van der Waals surface area contributed by atoms with Gasteiger partial charge in [-0.1, -0.05) is 36.4 Å². The fourth-order valence-electron chi connectivity index (χ4n) is 4.63. The molecule has 2 heterocycles. The highest BCUT2D eigenvalue weighted by molar-refractivity contribution is 6.19. The number of nitrogens with one attached hydrogen (secondary N) is 1. The van der Waals surface area contributed by atoms with Crippen LogP contribution in [0.25, 0.3) is 27.3 Å². The molecule has 0 aliphatic carbocycles. The lowest BCUT2D eigenvalue weighted by atomic mass is 10.1. The molecule has 0 saturated carbocycles. The maximum atomic E-state index is 13.7. The zero-order valence-corrected chi connectivity index (χ0v) is 20.0. The molecule has 36 heavy (non-hydrogen) atoms. The molecule has 1 N–H and O–H groups in total. The number of anilines is 1. The van der Waals surface area contributed by atoms with Crippen molar-refractivity contribution in [2.24, 2.45) is 0 Å². The minimum Gasteiger partial charge on any atom is -0.493 e. The molecule has 0 aliphatic rings. The summed E-state index contributed by atoms with van der Waals surface area (Å²) in [7, 11) is 3.98. The van der Waals surface area contributed by atoms with Gasteiger partial charge in [0.25, 0.3) is 5.91 Å². The summed E-state index contributed by atoms with van der Waals surface area (Å²) < 4.78 is 17.8. The van der Waals surface area contributed by atoms with Crippen LogP contribution in [-0.4, -0.2) is 41.5 Å². The van der Waals surface area contributed by atoms with E-state index in [2.05, 4.69) is 5.32 Å². The van der Waals surface area contributed by atoms with Crippen LogP contribution in [0.2, 0.25) is 0 Å². The number of rotatable bonds is 6. The van der Waals surface area contributed by atoms with Gasteiger partial charge in [-0.05, 0) is 19.1 Å². The standard InChI is InChI=1S/C26H22N4O6/c1-14-27-18-11-7-5-9-15(18)22-21(16-10-6-8-12-19(16)29(14)22)28-26(31)17-13-20(34-2)24(35-3)25(36-4)23(17)30(32)33/h5-13H,1-4H3,(H,28,31). The third kappa shape index (κ3) is 3.34. The van der Waals surface area contributed by atoms with Gasteiger partial charge in [-0.15, -0.1) is 0 Å². The molecule has 0 bridgehead atoms. The maximum Gasteiger partial charge on any atom is 0.327 e. The maximum absolute atomic E-state index is 13.7. The fourth-order valence-corrected chi connectivity index (χ4v) is 4.63. The van der Waals surface area contributed by atoms with E-state index in [0.29, 0.717) is 5.69 Å². The van der Waals surface area contributed by atoms with Crippen LogP contribution in [0.1, 0.15) is 16.2 Å². The van der Waals surface area contributed by atoms with Crippen molar-refractivity contribution in [2.75, 3.05) is 26.6 Å². The van der Waals surface area contributed by atoms with Gasteiger partial charge in [0.15, 0.2) is 5.75 Å². The number of hydrogen-bond donors (Lipinski definition) is 1. The smallest absolute Gasteiger partial charge is 0.327 e. The van der Waals surface area contributed by atoms with Gasteiger partial charge in [0.05, 0.1) is 48.5 Å². The van der Waals surface area contributed by atoms with Crippen molar-refractivity contribution in [1.82, 2.24) is 9.38 Å². The Morgan fingerprint density at radius 3 is 2.31 bits per heavy atom. The van der Waals surface area contributed by atoms with Gasteiger partial charge in [0, 0.05) is 16.8 Å². The number of aromatic nitrogens is 2. The fraction of sp³-hybridized carbons (Fsp3) is 0.154. The van der Waals surface area contributed by atoms with E-state index < -0.39 is 16.5 Å². The molecule has 0 saturated heterocycles. The van der Waals surface area contributed by atoms with E-state index in [9.17, 15) is 14.9 Å². The van der Waals surface area contributed by atoms with Crippen molar-refractivity contribution in [3.8, 4) is 17.2 Å². The van der Waals surface area contributed by atoms with E-state index in [1.807, 2.05) is 59.9 Å². The Morgan fingerprint density at radius 1 is 0.972 bits per heavy atom. The molecule has 0 spiro atoms. The number of benzene rings is 3. The number of methoxy groups -OCH3 is 3. The van der Waals surface area contributed by atoms with Gasteiger partial charge in [0.1, 0.15) is 11.4 Å². The van der Waals surface area contributed by atoms with Gasteiger partial charge in [-0.3, -0.25) is 19.3 Å². The quantitative estimate of drug-likeness (QED) is 0.261. The number of hydrogen-bond acceptors (Lipinski definition) is 7. The molecule has 0 aliphatic heterocycles. The van der Waals surface area contributed by atoms with E-state index in [1.54, 1.807) is 0 Å². The second-order valence-electron chi connectivity index (χ2n) is 8.01. The van der Waals surface area contributed by atoms with Crippen molar-refractivity contribution in [3.05, 3.63) is 76.1 Å². The predicted octanol–water partition coefficient (Wildman–Crippen LogP) is 5.14. The summed E-state index contributed by atoms with van der Waals surface area (Å²) in [5.41, 5.74) is 2.11. The lowest BCUT2D eigenvalue weighted by Gasteiger charge is -2.15. The molecule has 0 radical (unpaired) electrons. The number of aryl methyl sites for hydroxylation is 1. The van der Waals surface area contributed by atoms with Crippen molar-refractivity contribution < 1.29 is 23.9 Å². The summed E-state index contributed by atoms with van der Waals surface area (Å²) >= 11 is 0. The number of nitro benzene ring substituents is 1. The van der Waals surface area contributed by atoms with Crippen LogP contribution >= 0.6 is 0 Å².